The van der Waals surface area contributed by atoms with Crippen molar-refractivity contribution in [2.45, 2.75) is 51.9 Å². The maximum atomic E-state index is 12.8. The highest BCUT2D eigenvalue weighted by Gasteiger charge is 2.30. The van der Waals surface area contributed by atoms with Gasteiger partial charge < -0.3 is 24.4 Å². The number of esters is 1. The van der Waals surface area contributed by atoms with Gasteiger partial charge >= 0.3 is 12.1 Å². The molecule has 0 radical (unpaired) electrons. The van der Waals surface area contributed by atoms with Gasteiger partial charge in [-0.1, -0.05) is 28.1 Å². The van der Waals surface area contributed by atoms with E-state index < -0.39 is 29.8 Å². The zero-order chi connectivity index (χ0) is 22.3. The minimum atomic E-state index is -1.01. The van der Waals surface area contributed by atoms with Crippen LogP contribution in [0.15, 0.2) is 28.7 Å². The molecular weight excluding hydrogens is 456 g/mol. The second-order valence-corrected chi connectivity index (χ2v) is 8.97. The van der Waals surface area contributed by atoms with Crippen LogP contribution in [0.4, 0.5) is 4.79 Å². The van der Waals surface area contributed by atoms with Gasteiger partial charge in [-0.2, -0.15) is 0 Å². The van der Waals surface area contributed by atoms with Crippen molar-refractivity contribution in [3.05, 3.63) is 34.3 Å². The summed E-state index contributed by atoms with van der Waals surface area (Å²) in [4.78, 5) is 39.2. The van der Waals surface area contributed by atoms with Gasteiger partial charge in [0.2, 0.25) is 0 Å². The van der Waals surface area contributed by atoms with Crippen LogP contribution in [0.5, 0.6) is 0 Å². The topological polar surface area (TPSA) is 94.2 Å². The lowest BCUT2D eigenvalue weighted by Crippen LogP contribution is -2.49. The van der Waals surface area contributed by atoms with Crippen LogP contribution in [0.1, 0.15) is 33.3 Å². The Morgan fingerprint density at radius 3 is 2.50 bits per heavy atom. The molecule has 1 aliphatic heterocycles. The van der Waals surface area contributed by atoms with Crippen molar-refractivity contribution < 1.29 is 28.6 Å². The Kier molecular flexibility index (Phi) is 8.66. The van der Waals surface area contributed by atoms with Crippen LogP contribution in [0.2, 0.25) is 0 Å². The van der Waals surface area contributed by atoms with E-state index in [2.05, 4.69) is 21.2 Å². The number of alkyl carbamates (subject to hydrolysis) is 1. The minimum absolute atomic E-state index is 0.190. The third-order valence-electron chi connectivity index (χ3n) is 4.27. The maximum Gasteiger partial charge on any atom is 0.408 e. The first kappa shape index (κ1) is 24.1. The molecule has 30 heavy (non-hydrogen) atoms. The average Bonchev–Trinajstić information content (AvgIpc) is 2.66. The molecule has 2 atom stereocenters. The molecule has 1 aromatic rings. The zero-order valence-corrected chi connectivity index (χ0v) is 19.4. The normalized spacial score (nSPS) is 16.4. The van der Waals surface area contributed by atoms with Gasteiger partial charge in [-0.25, -0.2) is 9.59 Å². The summed E-state index contributed by atoms with van der Waals surface area (Å²) in [6.45, 7) is 8.55. The van der Waals surface area contributed by atoms with E-state index in [1.165, 1.54) is 6.92 Å². The summed E-state index contributed by atoms with van der Waals surface area (Å²) in [5.41, 5.74) is 0.100. The second-order valence-electron chi connectivity index (χ2n) is 8.05. The highest BCUT2D eigenvalue weighted by atomic mass is 79.9. The number of benzene rings is 1. The van der Waals surface area contributed by atoms with Gasteiger partial charge in [-0.05, 0) is 45.4 Å². The molecule has 8 nitrogen and oxygen atoms in total. The highest BCUT2D eigenvalue weighted by Crippen LogP contribution is 2.15. The van der Waals surface area contributed by atoms with E-state index in [4.69, 9.17) is 14.2 Å². The third kappa shape index (κ3) is 7.95. The molecule has 2 rings (SSSR count). The Bertz CT molecular complexity index is 758. The Labute approximate surface area is 185 Å². The average molecular weight is 485 g/mol. The predicted octanol–water partition coefficient (Wildman–Crippen LogP) is 2.68. The van der Waals surface area contributed by atoms with Gasteiger partial charge in [0, 0.05) is 24.0 Å². The summed E-state index contributed by atoms with van der Waals surface area (Å²) in [5.74, 6) is -0.986. The second kappa shape index (κ2) is 10.8. The molecule has 0 bridgehead atoms. The molecule has 1 saturated heterocycles. The Balaban J connectivity index is 2.08. The fourth-order valence-corrected chi connectivity index (χ4v) is 3.34. The number of halogens is 1. The summed E-state index contributed by atoms with van der Waals surface area (Å²) in [6, 6.07) is 6.37. The van der Waals surface area contributed by atoms with E-state index in [0.717, 1.165) is 10.0 Å². The van der Waals surface area contributed by atoms with Crippen molar-refractivity contribution in [2.24, 2.45) is 0 Å². The summed E-state index contributed by atoms with van der Waals surface area (Å²) in [5, 5.41) is 2.57. The number of nitrogens with zero attached hydrogens (tertiary/aromatic N) is 1. The molecule has 0 spiro atoms. The first-order valence-electron chi connectivity index (χ1n) is 9.86. The molecule has 0 saturated carbocycles. The number of carbonyl (C=O) groups excluding carboxylic acids is 3. The summed E-state index contributed by atoms with van der Waals surface area (Å²) < 4.78 is 16.8. The van der Waals surface area contributed by atoms with Crippen LogP contribution in [0.3, 0.4) is 0 Å². The van der Waals surface area contributed by atoms with Crippen molar-refractivity contribution in [1.29, 1.82) is 0 Å². The van der Waals surface area contributed by atoms with Gasteiger partial charge in [0.05, 0.1) is 13.2 Å². The molecule has 0 aliphatic carbocycles. The Hall–Kier alpha value is -2.13. The predicted molar refractivity (Wildman–Crippen MR) is 114 cm³/mol. The number of carbonyl (C=O) groups is 3. The van der Waals surface area contributed by atoms with Gasteiger partial charge in [-0.15, -0.1) is 0 Å². The van der Waals surface area contributed by atoms with E-state index in [-0.39, 0.29) is 12.3 Å². The molecule has 9 heteroatoms. The van der Waals surface area contributed by atoms with Gasteiger partial charge in [0.15, 0.2) is 6.10 Å². The number of rotatable bonds is 6. The van der Waals surface area contributed by atoms with Crippen LogP contribution < -0.4 is 5.32 Å². The first-order valence-corrected chi connectivity index (χ1v) is 10.7. The lowest BCUT2D eigenvalue weighted by Gasteiger charge is -2.29. The number of hydrogen-bond acceptors (Lipinski definition) is 6. The maximum absolute atomic E-state index is 12.8. The van der Waals surface area contributed by atoms with E-state index in [1.54, 1.807) is 25.7 Å². The number of morpholine rings is 1. The molecule has 1 unspecified atom stereocenters. The molecule has 1 heterocycles. The number of amides is 2. The van der Waals surface area contributed by atoms with E-state index in [1.807, 2.05) is 24.3 Å². The van der Waals surface area contributed by atoms with Gasteiger partial charge in [0.1, 0.15) is 11.6 Å². The van der Waals surface area contributed by atoms with Gasteiger partial charge in [-0.3, -0.25) is 4.79 Å². The fourth-order valence-electron chi connectivity index (χ4n) is 2.89. The molecule has 1 N–H and O–H groups in total. The van der Waals surface area contributed by atoms with Crippen LogP contribution in [0.25, 0.3) is 0 Å². The van der Waals surface area contributed by atoms with E-state index in [0.29, 0.717) is 26.3 Å². The SMILES string of the molecule is CC(OC(=O)[C@H](Cc1cccc(Br)c1)NC(=O)OC(C)(C)C)C(=O)N1CCOCC1. The third-order valence-corrected chi connectivity index (χ3v) is 4.76. The molecular formula is C21H29BrN2O6. The smallest absolute Gasteiger partial charge is 0.408 e. The number of hydrogen-bond donors (Lipinski definition) is 1. The summed E-state index contributed by atoms with van der Waals surface area (Å²) in [7, 11) is 0. The van der Waals surface area contributed by atoms with Crippen LogP contribution in [-0.4, -0.2) is 66.9 Å². The van der Waals surface area contributed by atoms with E-state index >= 15 is 0 Å². The summed E-state index contributed by atoms with van der Waals surface area (Å²) in [6.07, 6.45) is -1.51. The minimum Gasteiger partial charge on any atom is -0.451 e. The molecule has 166 valence electrons. The Morgan fingerprint density at radius 1 is 1.23 bits per heavy atom. The van der Waals surface area contributed by atoms with Crippen LogP contribution in [0, 0.1) is 0 Å². The number of ether oxygens (including phenoxy) is 3. The van der Waals surface area contributed by atoms with E-state index in [9.17, 15) is 14.4 Å². The molecule has 1 aromatic carbocycles. The van der Waals surface area contributed by atoms with Crippen molar-refractivity contribution in [3.63, 3.8) is 0 Å². The quantitative estimate of drug-likeness (QED) is 0.623. The van der Waals surface area contributed by atoms with Crippen molar-refractivity contribution in [3.8, 4) is 0 Å². The van der Waals surface area contributed by atoms with Gasteiger partial charge in [0.25, 0.3) is 5.91 Å². The molecule has 0 aromatic heterocycles. The molecule has 1 fully saturated rings. The standard InChI is InChI=1S/C21H29BrN2O6/c1-14(18(25)24-8-10-28-11-9-24)29-19(26)17(23-20(27)30-21(2,3)4)13-15-6-5-7-16(22)12-15/h5-7,12,14,17H,8-11,13H2,1-4H3,(H,23,27)/t14?,17-/m0/s1. The van der Waals surface area contributed by atoms with Crippen molar-refractivity contribution in [1.82, 2.24) is 10.2 Å². The monoisotopic (exact) mass is 484 g/mol. The Morgan fingerprint density at radius 2 is 1.90 bits per heavy atom. The largest absolute Gasteiger partial charge is 0.451 e. The van der Waals surface area contributed by atoms with Crippen molar-refractivity contribution in [2.75, 3.05) is 26.3 Å². The molecule has 2 amide bonds. The molecule has 1 aliphatic rings. The first-order chi connectivity index (χ1) is 14.0. The lowest BCUT2D eigenvalue weighted by molar-refractivity contribution is -0.162. The highest BCUT2D eigenvalue weighted by molar-refractivity contribution is 9.10. The number of nitrogens with one attached hydrogen (secondary N) is 1. The van der Waals surface area contributed by atoms with Crippen LogP contribution >= 0.6 is 15.9 Å². The summed E-state index contributed by atoms with van der Waals surface area (Å²) >= 11 is 3.39. The van der Waals surface area contributed by atoms with Crippen molar-refractivity contribution >= 4 is 33.9 Å². The zero-order valence-electron chi connectivity index (χ0n) is 17.8. The lowest BCUT2D eigenvalue weighted by atomic mass is 10.1. The van der Waals surface area contributed by atoms with Crippen LogP contribution in [-0.2, 0) is 30.2 Å². The fraction of sp³-hybridized carbons (Fsp3) is 0.571.